The second-order valence-electron chi connectivity index (χ2n) is 8.23. The van der Waals surface area contributed by atoms with Gasteiger partial charge >= 0.3 is 11.9 Å². The molecule has 4 atom stereocenters. The fraction of sp³-hybridized carbons (Fsp3) is 0.462. The van der Waals surface area contributed by atoms with Crippen LogP contribution in [-0.2, 0) is 14.2 Å². The largest absolute Gasteiger partial charge is 0.493 e. The highest BCUT2D eigenvalue weighted by atomic mass is 16.6. The van der Waals surface area contributed by atoms with Gasteiger partial charge in [0.15, 0.2) is 29.1 Å². The van der Waals surface area contributed by atoms with Crippen LogP contribution in [0, 0.1) is 0 Å². The number of aliphatic hydroxyl groups excluding tert-OH is 2. The van der Waals surface area contributed by atoms with Crippen LogP contribution >= 0.6 is 0 Å². The Kier molecular flexibility index (Phi) is 10.0. The Morgan fingerprint density at radius 2 is 1.18 bits per heavy atom. The predicted octanol–water partition coefficient (Wildman–Crippen LogP) is 1.24. The molecular weight excluding hydrogens is 520 g/mol. The first-order valence-corrected chi connectivity index (χ1v) is 11.7. The smallest absolute Gasteiger partial charge is 0.338 e. The molecule has 2 aromatic rings. The number of esters is 2. The van der Waals surface area contributed by atoms with Crippen molar-refractivity contribution in [2.75, 3.05) is 55.9 Å². The molecule has 2 aromatic carbocycles. The van der Waals surface area contributed by atoms with Gasteiger partial charge in [0.2, 0.25) is 11.5 Å². The predicted molar refractivity (Wildman–Crippen MR) is 133 cm³/mol. The molecule has 2 N–H and O–H groups in total. The minimum atomic E-state index is -1.52. The molecule has 39 heavy (non-hydrogen) atoms. The third-order valence-electron chi connectivity index (χ3n) is 6.00. The average molecular weight is 553 g/mol. The molecule has 1 saturated heterocycles. The van der Waals surface area contributed by atoms with E-state index in [1.165, 1.54) is 66.9 Å². The zero-order chi connectivity index (χ0) is 28.7. The number of rotatable bonds is 11. The minimum absolute atomic E-state index is 0.0185. The topological polar surface area (TPSA) is 158 Å². The molecule has 0 spiro atoms. The maximum Gasteiger partial charge on any atom is 0.338 e. The maximum absolute atomic E-state index is 13.0. The van der Waals surface area contributed by atoms with E-state index in [4.69, 9.17) is 42.6 Å². The monoisotopic (exact) mass is 552 g/mol. The van der Waals surface area contributed by atoms with Crippen LogP contribution in [0.25, 0.3) is 0 Å². The quantitative estimate of drug-likeness (QED) is 0.384. The number of carbonyl (C=O) groups excluding carboxylic acids is 2. The highest BCUT2D eigenvalue weighted by Crippen LogP contribution is 2.39. The number of carbonyl (C=O) groups is 2. The first kappa shape index (κ1) is 29.6. The Morgan fingerprint density at radius 1 is 0.744 bits per heavy atom. The standard InChI is InChI=1S/C26H32O13/c1-31-16-7-13(8-17(32-2)22(16)35-5)25(29)38-12-20-24(21(28)15(27)11-37-20)39-26(30)14-9-18(33-3)23(36-6)19(10-14)34-4/h7-10,15,20-21,24,27-28H,11-12H2,1-6H3/t15-,20+,21+,24+/m0/s1. The number of hydrogen-bond acceptors (Lipinski definition) is 13. The van der Waals surface area contributed by atoms with Gasteiger partial charge in [0, 0.05) is 0 Å². The molecule has 0 aromatic heterocycles. The van der Waals surface area contributed by atoms with Gasteiger partial charge in [-0.05, 0) is 24.3 Å². The minimum Gasteiger partial charge on any atom is -0.493 e. The van der Waals surface area contributed by atoms with Gasteiger partial charge in [-0.15, -0.1) is 0 Å². The Morgan fingerprint density at radius 3 is 1.59 bits per heavy atom. The summed E-state index contributed by atoms with van der Waals surface area (Å²) in [6.07, 6.45) is -5.34. The van der Waals surface area contributed by atoms with E-state index in [-0.39, 0.29) is 46.5 Å². The van der Waals surface area contributed by atoms with Crippen molar-refractivity contribution in [1.29, 1.82) is 0 Å². The van der Waals surface area contributed by atoms with E-state index >= 15 is 0 Å². The highest BCUT2D eigenvalue weighted by molar-refractivity contribution is 5.92. The fourth-order valence-corrected chi connectivity index (χ4v) is 3.97. The number of hydrogen-bond donors (Lipinski definition) is 2. The van der Waals surface area contributed by atoms with Crippen LogP contribution in [0.1, 0.15) is 20.7 Å². The molecular formula is C26H32O13. The second kappa shape index (κ2) is 13.2. The van der Waals surface area contributed by atoms with Crippen LogP contribution in [0.4, 0.5) is 0 Å². The summed E-state index contributed by atoms with van der Waals surface area (Å²) in [5.74, 6) is -0.181. The van der Waals surface area contributed by atoms with Crippen LogP contribution < -0.4 is 28.4 Å². The molecule has 1 aliphatic rings. The Labute approximate surface area is 225 Å². The van der Waals surface area contributed by atoms with Crippen molar-refractivity contribution < 1.29 is 62.4 Å². The van der Waals surface area contributed by atoms with Gasteiger partial charge in [-0.2, -0.15) is 0 Å². The number of methoxy groups -OCH3 is 6. The lowest BCUT2D eigenvalue weighted by atomic mass is 10.00. The molecule has 3 rings (SSSR count). The van der Waals surface area contributed by atoms with Crippen molar-refractivity contribution in [2.24, 2.45) is 0 Å². The zero-order valence-electron chi connectivity index (χ0n) is 22.4. The summed E-state index contributed by atoms with van der Waals surface area (Å²) < 4.78 is 48.0. The molecule has 13 heteroatoms. The van der Waals surface area contributed by atoms with Gasteiger partial charge in [-0.1, -0.05) is 0 Å². The number of benzene rings is 2. The molecule has 1 heterocycles. The lowest BCUT2D eigenvalue weighted by Gasteiger charge is -2.37. The van der Waals surface area contributed by atoms with E-state index in [2.05, 4.69) is 0 Å². The molecule has 0 aliphatic carbocycles. The lowest BCUT2D eigenvalue weighted by molar-refractivity contribution is -0.196. The Balaban J connectivity index is 1.79. The summed E-state index contributed by atoms with van der Waals surface area (Å²) in [7, 11) is 8.43. The van der Waals surface area contributed by atoms with E-state index in [0.717, 1.165) is 0 Å². The summed E-state index contributed by atoms with van der Waals surface area (Å²) in [5, 5.41) is 20.7. The molecule has 0 radical (unpaired) electrons. The third-order valence-corrected chi connectivity index (χ3v) is 6.00. The summed E-state index contributed by atoms with van der Waals surface area (Å²) in [6, 6.07) is 5.56. The SMILES string of the molecule is COc1cc(C(=O)OC[C@H]2OC[C@H](O)[C@@H](O)[C@@H]2OC(=O)c2cc(OC)c(OC)c(OC)c2)cc(OC)c1OC. The molecule has 0 unspecified atom stereocenters. The summed E-state index contributed by atoms with van der Waals surface area (Å²) in [4.78, 5) is 25.9. The van der Waals surface area contributed by atoms with Gasteiger partial charge in [0.25, 0.3) is 0 Å². The van der Waals surface area contributed by atoms with Crippen molar-refractivity contribution in [3.8, 4) is 34.5 Å². The normalized spacial score (nSPS) is 20.4. The van der Waals surface area contributed by atoms with E-state index in [9.17, 15) is 19.8 Å². The van der Waals surface area contributed by atoms with Crippen LogP contribution in [-0.4, -0.2) is 102 Å². The van der Waals surface area contributed by atoms with Crippen LogP contribution in [0.5, 0.6) is 34.5 Å². The molecule has 1 fully saturated rings. The van der Waals surface area contributed by atoms with Gasteiger partial charge in [-0.25, -0.2) is 9.59 Å². The van der Waals surface area contributed by atoms with Crippen molar-refractivity contribution in [1.82, 2.24) is 0 Å². The van der Waals surface area contributed by atoms with Crippen LogP contribution in [0.3, 0.4) is 0 Å². The molecule has 214 valence electrons. The maximum atomic E-state index is 13.0. The van der Waals surface area contributed by atoms with E-state index < -0.39 is 43.0 Å². The van der Waals surface area contributed by atoms with E-state index in [1.54, 1.807) is 0 Å². The Hall–Kier alpha value is -3.94. The summed E-state index contributed by atoms with van der Waals surface area (Å²) >= 11 is 0. The van der Waals surface area contributed by atoms with Crippen LogP contribution in [0.15, 0.2) is 24.3 Å². The van der Waals surface area contributed by atoms with Crippen molar-refractivity contribution in [2.45, 2.75) is 24.4 Å². The molecule has 13 nitrogen and oxygen atoms in total. The molecule has 0 saturated carbocycles. The summed E-state index contributed by atoms with van der Waals surface area (Å²) in [6.45, 7) is -0.682. The lowest BCUT2D eigenvalue weighted by Crippen LogP contribution is -2.56. The van der Waals surface area contributed by atoms with Crippen molar-refractivity contribution >= 4 is 11.9 Å². The molecule has 0 bridgehead atoms. The summed E-state index contributed by atoms with van der Waals surface area (Å²) in [5.41, 5.74) is 0.108. The van der Waals surface area contributed by atoms with E-state index in [1.807, 2.05) is 0 Å². The van der Waals surface area contributed by atoms with Crippen LogP contribution in [0.2, 0.25) is 0 Å². The fourth-order valence-electron chi connectivity index (χ4n) is 3.97. The number of ether oxygens (including phenoxy) is 9. The molecule has 1 aliphatic heterocycles. The first-order chi connectivity index (χ1) is 18.7. The van der Waals surface area contributed by atoms with Crippen molar-refractivity contribution in [3.63, 3.8) is 0 Å². The van der Waals surface area contributed by atoms with Gasteiger partial charge in [0.05, 0.1) is 60.4 Å². The first-order valence-electron chi connectivity index (χ1n) is 11.7. The van der Waals surface area contributed by atoms with Gasteiger partial charge in [0.1, 0.15) is 24.9 Å². The highest BCUT2D eigenvalue weighted by Gasteiger charge is 2.42. The van der Waals surface area contributed by atoms with Gasteiger partial charge in [-0.3, -0.25) is 0 Å². The molecule has 0 amide bonds. The van der Waals surface area contributed by atoms with Crippen molar-refractivity contribution in [3.05, 3.63) is 35.4 Å². The third kappa shape index (κ3) is 6.38. The second-order valence-corrected chi connectivity index (χ2v) is 8.23. The zero-order valence-corrected chi connectivity index (χ0v) is 22.4. The number of aliphatic hydroxyl groups is 2. The Bertz CT molecular complexity index is 1110. The van der Waals surface area contributed by atoms with Gasteiger partial charge < -0.3 is 52.8 Å². The van der Waals surface area contributed by atoms with E-state index in [0.29, 0.717) is 5.75 Å². The average Bonchev–Trinajstić information content (AvgIpc) is 2.96.